The first-order valence-electron chi connectivity index (χ1n) is 6.07. The molecule has 0 saturated heterocycles. The molecule has 1 unspecified atom stereocenters. The van der Waals surface area contributed by atoms with Crippen LogP contribution in [0.15, 0.2) is 24.3 Å². The minimum atomic E-state index is -0.943. The average molecular weight is 252 g/mol. The highest BCUT2D eigenvalue weighted by molar-refractivity contribution is 5.72. The molecule has 18 heavy (non-hydrogen) atoms. The zero-order valence-corrected chi connectivity index (χ0v) is 11.1. The first-order chi connectivity index (χ1) is 8.54. The van der Waals surface area contributed by atoms with Crippen molar-refractivity contribution in [1.29, 1.82) is 0 Å². The molecular formula is C14H20O4. The summed E-state index contributed by atoms with van der Waals surface area (Å²) in [6.07, 6.45) is 0.473. The molecule has 1 aromatic carbocycles. The molecule has 0 radical (unpaired) electrons. The van der Waals surface area contributed by atoms with Crippen LogP contribution in [0.5, 0.6) is 11.5 Å². The smallest absolute Gasteiger partial charge is 0.344 e. The Kier molecular flexibility index (Phi) is 5.49. The second-order valence-corrected chi connectivity index (χ2v) is 4.57. The van der Waals surface area contributed by atoms with E-state index in [-0.39, 0.29) is 0 Å². The van der Waals surface area contributed by atoms with Gasteiger partial charge < -0.3 is 14.6 Å². The first kappa shape index (κ1) is 14.4. The van der Waals surface area contributed by atoms with Crippen molar-refractivity contribution in [3.63, 3.8) is 0 Å². The highest BCUT2D eigenvalue weighted by atomic mass is 16.5. The number of aliphatic carboxylic acids is 1. The zero-order chi connectivity index (χ0) is 13.5. The van der Waals surface area contributed by atoms with E-state index >= 15 is 0 Å². The number of hydrogen-bond donors (Lipinski definition) is 1. The van der Waals surface area contributed by atoms with Crippen molar-refractivity contribution in [2.75, 3.05) is 7.11 Å². The van der Waals surface area contributed by atoms with Gasteiger partial charge in [-0.3, -0.25) is 0 Å². The van der Waals surface area contributed by atoms with Crippen LogP contribution >= 0.6 is 0 Å². The largest absolute Gasteiger partial charge is 0.493 e. The summed E-state index contributed by atoms with van der Waals surface area (Å²) in [6.45, 7) is 4.12. The average Bonchev–Trinajstić information content (AvgIpc) is 2.34. The lowest BCUT2D eigenvalue weighted by molar-refractivity contribution is -0.145. The molecule has 1 rings (SSSR count). The fourth-order valence-corrected chi connectivity index (χ4v) is 1.59. The fraction of sp³-hybridized carbons (Fsp3) is 0.500. The number of methoxy groups -OCH3 is 1. The van der Waals surface area contributed by atoms with Crippen molar-refractivity contribution in [1.82, 2.24) is 0 Å². The van der Waals surface area contributed by atoms with Gasteiger partial charge in [0.05, 0.1) is 7.11 Å². The quantitative estimate of drug-likeness (QED) is 0.810. The van der Waals surface area contributed by atoms with E-state index in [1.54, 1.807) is 18.2 Å². The van der Waals surface area contributed by atoms with Crippen molar-refractivity contribution < 1.29 is 19.4 Å². The van der Waals surface area contributed by atoms with E-state index in [1.165, 1.54) is 7.11 Å². The molecule has 1 aromatic rings. The van der Waals surface area contributed by atoms with E-state index in [0.717, 1.165) is 6.42 Å². The molecular weight excluding hydrogens is 232 g/mol. The summed E-state index contributed by atoms with van der Waals surface area (Å²) in [5.41, 5.74) is 0. The van der Waals surface area contributed by atoms with Crippen LogP contribution in [0.3, 0.4) is 0 Å². The van der Waals surface area contributed by atoms with Crippen LogP contribution in [0.2, 0.25) is 0 Å². The normalized spacial score (nSPS) is 12.2. The van der Waals surface area contributed by atoms with Crippen molar-refractivity contribution >= 4 is 5.97 Å². The number of carboxylic acids is 1. The number of benzene rings is 1. The van der Waals surface area contributed by atoms with Crippen molar-refractivity contribution in [3.05, 3.63) is 24.3 Å². The van der Waals surface area contributed by atoms with Gasteiger partial charge in [-0.2, -0.15) is 0 Å². The van der Waals surface area contributed by atoms with E-state index in [4.69, 9.17) is 14.6 Å². The van der Waals surface area contributed by atoms with Crippen LogP contribution in [0.1, 0.15) is 26.7 Å². The lowest BCUT2D eigenvalue weighted by atomic mass is 10.1. The molecule has 0 fully saturated rings. The third-order valence-corrected chi connectivity index (χ3v) is 2.62. The summed E-state index contributed by atoms with van der Waals surface area (Å²) in [6, 6.07) is 7.07. The van der Waals surface area contributed by atoms with Gasteiger partial charge in [0, 0.05) is 0 Å². The molecule has 0 aliphatic heterocycles. The molecule has 0 aliphatic carbocycles. The fourth-order valence-electron chi connectivity index (χ4n) is 1.59. The molecule has 1 atom stereocenters. The molecule has 0 aliphatic rings. The van der Waals surface area contributed by atoms with Crippen LogP contribution in [-0.4, -0.2) is 24.3 Å². The third-order valence-electron chi connectivity index (χ3n) is 2.62. The second kappa shape index (κ2) is 6.89. The summed E-state index contributed by atoms with van der Waals surface area (Å²) in [7, 11) is 1.53. The van der Waals surface area contributed by atoms with E-state index in [2.05, 4.69) is 13.8 Å². The molecule has 0 spiro atoms. The molecule has 4 nitrogen and oxygen atoms in total. The van der Waals surface area contributed by atoms with Gasteiger partial charge in [-0.05, 0) is 30.9 Å². The topological polar surface area (TPSA) is 55.8 Å². The van der Waals surface area contributed by atoms with Gasteiger partial charge in [0.25, 0.3) is 0 Å². The lowest BCUT2D eigenvalue weighted by Gasteiger charge is -2.17. The van der Waals surface area contributed by atoms with Crippen LogP contribution in [0.4, 0.5) is 0 Å². The number of ether oxygens (including phenoxy) is 2. The van der Waals surface area contributed by atoms with Crippen LogP contribution < -0.4 is 9.47 Å². The van der Waals surface area contributed by atoms with Crippen LogP contribution in [0.25, 0.3) is 0 Å². The minimum Gasteiger partial charge on any atom is -0.493 e. The Morgan fingerprint density at radius 1 is 1.22 bits per heavy atom. The number of para-hydroxylation sites is 2. The molecule has 100 valence electrons. The summed E-state index contributed by atoms with van der Waals surface area (Å²) < 4.78 is 10.7. The zero-order valence-electron chi connectivity index (χ0n) is 11.1. The van der Waals surface area contributed by atoms with Gasteiger partial charge in [-0.15, -0.1) is 0 Å². The summed E-state index contributed by atoms with van der Waals surface area (Å²) in [5.74, 6) is 0.527. The lowest BCUT2D eigenvalue weighted by Crippen LogP contribution is -2.27. The summed E-state index contributed by atoms with van der Waals surface area (Å²) in [4.78, 5) is 11.2. The maximum Gasteiger partial charge on any atom is 0.344 e. The highest BCUT2D eigenvalue weighted by Gasteiger charge is 2.21. The van der Waals surface area contributed by atoms with E-state index < -0.39 is 12.1 Å². The van der Waals surface area contributed by atoms with E-state index in [9.17, 15) is 4.79 Å². The van der Waals surface area contributed by atoms with Crippen LogP contribution in [0, 0.1) is 5.92 Å². The molecule has 0 saturated carbocycles. The Balaban J connectivity index is 2.73. The van der Waals surface area contributed by atoms with Gasteiger partial charge in [-0.1, -0.05) is 26.0 Å². The number of hydrogen-bond acceptors (Lipinski definition) is 3. The maximum atomic E-state index is 11.2. The van der Waals surface area contributed by atoms with Gasteiger partial charge >= 0.3 is 5.97 Å². The predicted molar refractivity (Wildman–Crippen MR) is 69.1 cm³/mol. The molecule has 0 aromatic heterocycles. The first-order valence-corrected chi connectivity index (χ1v) is 6.07. The Bertz CT molecular complexity index is 387. The Morgan fingerprint density at radius 2 is 1.83 bits per heavy atom. The number of carboxylic acid groups (broad SMARTS) is 1. The predicted octanol–water partition coefficient (Wildman–Crippen LogP) is 2.96. The number of rotatable bonds is 7. The highest BCUT2D eigenvalue weighted by Crippen LogP contribution is 2.27. The van der Waals surface area contributed by atoms with Gasteiger partial charge in [0.2, 0.25) is 0 Å². The minimum absolute atomic E-state index is 0.452. The van der Waals surface area contributed by atoms with Gasteiger partial charge in [0.15, 0.2) is 17.6 Å². The van der Waals surface area contributed by atoms with E-state index in [0.29, 0.717) is 23.8 Å². The second-order valence-electron chi connectivity index (χ2n) is 4.57. The summed E-state index contributed by atoms with van der Waals surface area (Å²) in [5, 5.41) is 9.15. The summed E-state index contributed by atoms with van der Waals surface area (Å²) >= 11 is 0. The Morgan fingerprint density at radius 3 is 2.33 bits per heavy atom. The SMILES string of the molecule is COc1ccccc1OC(CCC(C)C)C(=O)O. The van der Waals surface area contributed by atoms with Gasteiger partial charge in [0.1, 0.15) is 0 Å². The van der Waals surface area contributed by atoms with Crippen molar-refractivity contribution in [3.8, 4) is 11.5 Å². The molecule has 0 bridgehead atoms. The van der Waals surface area contributed by atoms with Crippen LogP contribution in [-0.2, 0) is 4.79 Å². The monoisotopic (exact) mass is 252 g/mol. The van der Waals surface area contributed by atoms with E-state index in [1.807, 2.05) is 6.07 Å². The Hall–Kier alpha value is -1.71. The maximum absolute atomic E-state index is 11.2. The standard InChI is InChI=1S/C14H20O4/c1-10(2)8-9-13(14(15)16)18-12-7-5-4-6-11(12)17-3/h4-7,10,13H,8-9H2,1-3H3,(H,15,16). The Labute approximate surface area is 108 Å². The molecule has 0 heterocycles. The molecule has 1 N–H and O–H groups in total. The molecule has 0 amide bonds. The molecule has 4 heteroatoms. The number of carbonyl (C=O) groups is 1. The van der Waals surface area contributed by atoms with Gasteiger partial charge in [-0.25, -0.2) is 4.79 Å². The van der Waals surface area contributed by atoms with Crippen molar-refractivity contribution in [2.45, 2.75) is 32.8 Å². The van der Waals surface area contributed by atoms with Crippen molar-refractivity contribution in [2.24, 2.45) is 5.92 Å². The third kappa shape index (κ3) is 4.28.